The first-order valence-electron chi connectivity index (χ1n) is 6.13. The standard InChI is InChI=1S/C14H19FN2O3/c1-14(2,12(18)19)17(4)13(20)16(3)9-10-7-5-6-8-11(10)15/h5-8H,9H2,1-4H3,(H,18,19). The Bertz CT molecular complexity index is 517. The van der Waals surface area contributed by atoms with E-state index in [1.165, 1.54) is 38.9 Å². The van der Waals surface area contributed by atoms with Crippen molar-refractivity contribution in [2.45, 2.75) is 25.9 Å². The lowest BCUT2D eigenvalue weighted by Crippen LogP contribution is -2.54. The van der Waals surface area contributed by atoms with Crippen molar-refractivity contribution < 1.29 is 19.1 Å². The second-order valence-corrected chi connectivity index (χ2v) is 5.15. The van der Waals surface area contributed by atoms with E-state index >= 15 is 0 Å². The van der Waals surface area contributed by atoms with Crippen molar-refractivity contribution in [3.63, 3.8) is 0 Å². The molecule has 0 radical (unpaired) electrons. The maximum atomic E-state index is 13.5. The number of likely N-dealkylation sites (N-methyl/N-ethyl adjacent to an activating group) is 1. The highest BCUT2D eigenvalue weighted by atomic mass is 19.1. The SMILES string of the molecule is CN(Cc1ccccc1F)C(=O)N(C)C(C)(C)C(=O)O. The fraction of sp³-hybridized carbons (Fsp3) is 0.429. The van der Waals surface area contributed by atoms with Gasteiger partial charge in [-0.05, 0) is 19.9 Å². The Kier molecular flexibility index (Phi) is 4.70. The van der Waals surface area contributed by atoms with Crippen LogP contribution < -0.4 is 0 Å². The average Bonchev–Trinajstić information content (AvgIpc) is 2.39. The number of carbonyl (C=O) groups excluding carboxylic acids is 1. The predicted octanol–water partition coefficient (Wildman–Crippen LogP) is 2.17. The van der Waals surface area contributed by atoms with Gasteiger partial charge in [0.05, 0.1) is 0 Å². The minimum Gasteiger partial charge on any atom is -0.480 e. The lowest BCUT2D eigenvalue weighted by molar-refractivity contribution is -0.147. The van der Waals surface area contributed by atoms with Gasteiger partial charge in [0.25, 0.3) is 0 Å². The molecule has 1 rings (SSSR count). The van der Waals surface area contributed by atoms with Gasteiger partial charge in [-0.3, -0.25) is 0 Å². The number of rotatable bonds is 4. The molecule has 0 heterocycles. The summed E-state index contributed by atoms with van der Waals surface area (Å²) < 4.78 is 13.5. The number of carboxylic acid groups (broad SMARTS) is 1. The van der Waals surface area contributed by atoms with E-state index < -0.39 is 23.4 Å². The number of urea groups is 1. The van der Waals surface area contributed by atoms with Crippen LogP contribution in [-0.2, 0) is 11.3 Å². The molecule has 0 aliphatic heterocycles. The van der Waals surface area contributed by atoms with Gasteiger partial charge in [0.1, 0.15) is 11.4 Å². The van der Waals surface area contributed by atoms with E-state index in [4.69, 9.17) is 5.11 Å². The summed E-state index contributed by atoms with van der Waals surface area (Å²) in [6.45, 7) is 2.94. The molecule has 0 saturated carbocycles. The maximum absolute atomic E-state index is 13.5. The molecule has 0 aromatic heterocycles. The number of amides is 2. The Morgan fingerprint density at radius 1 is 1.25 bits per heavy atom. The average molecular weight is 282 g/mol. The van der Waals surface area contributed by atoms with Crippen LogP contribution in [0.25, 0.3) is 0 Å². The van der Waals surface area contributed by atoms with Crippen LogP contribution in [0.4, 0.5) is 9.18 Å². The molecular formula is C14H19FN2O3. The predicted molar refractivity (Wildman–Crippen MR) is 72.7 cm³/mol. The Labute approximate surface area is 117 Å². The lowest BCUT2D eigenvalue weighted by Gasteiger charge is -2.34. The van der Waals surface area contributed by atoms with E-state index in [9.17, 15) is 14.0 Å². The molecule has 0 spiro atoms. The molecular weight excluding hydrogens is 263 g/mol. The van der Waals surface area contributed by atoms with E-state index in [2.05, 4.69) is 0 Å². The molecule has 0 unspecified atom stereocenters. The normalized spacial score (nSPS) is 11.1. The fourth-order valence-corrected chi connectivity index (χ4v) is 1.59. The highest BCUT2D eigenvalue weighted by Gasteiger charge is 2.36. The third-order valence-electron chi connectivity index (χ3n) is 3.34. The molecule has 20 heavy (non-hydrogen) atoms. The molecule has 1 N–H and O–H groups in total. The smallest absolute Gasteiger partial charge is 0.329 e. The molecule has 1 aromatic rings. The summed E-state index contributed by atoms with van der Waals surface area (Å²) in [5.41, 5.74) is -0.953. The number of hydrogen-bond acceptors (Lipinski definition) is 2. The molecule has 0 atom stereocenters. The molecule has 6 heteroatoms. The molecule has 0 aliphatic carbocycles. The second kappa shape index (κ2) is 5.90. The van der Waals surface area contributed by atoms with Crippen molar-refractivity contribution in [3.05, 3.63) is 35.6 Å². The number of nitrogens with zero attached hydrogens (tertiary/aromatic N) is 2. The van der Waals surface area contributed by atoms with E-state index in [0.29, 0.717) is 5.56 Å². The van der Waals surface area contributed by atoms with Gasteiger partial charge >= 0.3 is 12.0 Å². The van der Waals surface area contributed by atoms with Crippen LogP contribution in [0, 0.1) is 5.82 Å². The summed E-state index contributed by atoms with van der Waals surface area (Å²) in [5, 5.41) is 9.10. The molecule has 5 nitrogen and oxygen atoms in total. The molecule has 2 amide bonds. The van der Waals surface area contributed by atoms with E-state index in [1.54, 1.807) is 18.2 Å². The highest BCUT2D eigenvalue weighted by molar-refractivity contribution is 5.85. The van der Waals surface area contributed by atoms with E-state index in [0.717, 1.165) is 4.90 Å². The number of halogens is 1. The summed E-state index contributed by atoms with van der Waals surface area (Å²) in [4.78, 5) is 25.7. The van der Waals surface area contributed by atoms with Gasteiger partial charge in [0, 0.05) is 26.2 Å². The maximum Gasteiger partial charge on any atom is 0.329 e. The van der Waals surface area contributed by atoms with Crippen LogP contribution in [0.5, 0.6) is 0 Å². The number of hydrogen-bond donors (Lipinski definition) is 1. The number of aliphatic carboxylic acids is 1. The van der Waals surface area contributed by atoms with Crippen molar-refractivity contribution in [2.75, 3.05) is 14.1 Å². The van der Waals surface area contributed by atoms with Crippen LogP contribution in [0.1, 0.15) is 19.4 Å². The number of carbonyl (C=O) groups is 2. The molecule has 0 bridgehead atoms. The third-order valence-corrected chi connectivity index (χ3v) is 3.34. The summed E-state index contributed by atoms with van der Waals surface area (Å²) in [7, 11) is 2.91. The first-order chi connectivity index (χ1) is 9.17. The molecule has 0 aliphatic rings. The summed E-state index contributed by atoms with van der Waals surface area (Å²) in [5.74, 6) is -1.50. The molecule has 0 fully saturated rings. The van der Waals surface area contributed by atoms with Gasteiger partial charge in [-0.2, -0.15) is 0 Å². The minimum absolute atomic E-state index is 0.0749. The van der Waals surface area contributed by atoms with Gasteiger partial charge in [-0.15, -0.1) is 0 Å². The van der Waals surface area contributed by atoms with Crippen LogP contribution in [0.15, 0.2) is 24.3 Å². The van der Waals surface area contributed by atoms with Crippen molar-refractivity contribution in [1.82, 2.24) is 9.80 Å². The summed E-state index contributed by atoms with van der Waals surface area (Å²) in [6.07, 6.45) is 0. The molecule has 0 saturated heterocycles. The quantitative estimate of drug-likeness (QED) is 0.920. The first-order valence-corrected chi connectivity index (χ1v) is 6.13. The zero-order valence-electron chi connectivity index (χ0n) is 12.1. The van der Waals surface area contributed by atoms with Gasteiger partial charge in [0.15, 0.2) is 0 Å². The molecule has 1 aromatic carbocycles. The summed E-state index contributed by atoms with van der Waals surface area (Å²) in [6, 6.07) is 5.67. The highest BCUT2D eigenvalue weighted by Crippen LogP contribution is 2.16. The zero-order valence-corrected chi connectivity index (χ0v) is 12.1. The van der Waals surface area contributed by atoms with Gasteiger partial charge in [-0.1, -0.05) is 18.2 Å². The monoisotopic (exact) mass is 282 g/mol. The Morgan fingerprint density at radius 2 is 1.80 bits per heavy atom. The fourth-order valence-electron chi connectivity index (χ4n) is 1.59. The lowest BCUT2D eigenvalue weighted by atomic mass is 10.0. The van der Waals surface area contributed by atoms with Crippen molar-refractivity contribution in [2.24, 2.45) is 0 Å². The van der Waals surface area contributed by atoms with E-state index in [-0.39, 0.29) is 6.54 Å². The zero-order chi connectivity index (χ0) is 15.5. The first kappa shape index (κ1) is 15.9. The van der Waals surface area contributed by atoms with Crippen molar-refractivity contribution >= 4 is 12.0 Å². The van der Waals surface area contributed by atoms with Crippen molar-refractivity contribution in [3.8, 4) is 0 Å². The van der Waals surface area contributed by atoms with Gasteiger partial charge in [0.2, 0.25) is 0 Å². The second-order valence-electron chi connectivity index (χ2n) is 5.15. The summed E-state index contributed by atoms with van der Waals surface area (Å²) >= 11 is 0. The Balaban J connectivity index is 2.83. The third kappa shape index (κ3) is 3.26. The van der Waals surface area contributed by atoms with Crippen LogP contribution >= 0.6 is 0 Å². The van der Waals surface area contributed by atoms with Crippen LogP contribution in [0.2, 0.25) is 0 Å². The van der Waals surface area contributed by atoms with Crippen molar-refractivity contribution in [1.29, 1.82) is 0 Å². The number of benzene rings is 1. The Morgan fingerprint density at radius 3 is 2.30 bits per heavy atom. The number of carboxylic acids is 1. The topological polar surface area (TPSA) is 60.9 Å². The largest absolute Gasteiger partial charge is 0.480 e. The minimum atomic E-state index is -1.33. The van der Waals surface area contributed by atoms with Crippen LogP contribution in [-0.4, -0.2) is 46.5 Å². The van der Waals surface area contributed by atoms with E-state index in [1.807, 2.05) is 0 Å². The van der Waals surface area contributed by atoms with Crippen LogP contribution in [0.3, 0.4) is 0 Å². The van der Waals surface area contributed by atoms with Gasteiger partial charge < -0.3 is 14.9 Å². The molecule has 110 valence electrons. The Hall–Kier alpha value is -2.11. The van der Waals surface area contributed by atoms with Gasteiger partial charge in [-0.25, -0.2) is 14.0 Å².